The van der Waals surface area contributed by atoms with Crippen LogP contribution in [-0.2, 0) is 45.3 Å². The molecule has 0 spiro atoms. The SMILES string of the molecule is CCC1Oc2c([CH]=[Ru+])cccc2NC1=O.CCC1Oc2c([CH]=[Ru+])cccc2NC1=O.[Cl-].[Cl-]. The van der Waals surface area contributed by atoms with Gasteiger partial charge in [-0.2, -0.15) is 0 Å². The second-order valence-electron chi connectivity index (χ2n) is 6.66. The molecule has 10 heteroatoms. The maximum Gasteiger partial charge on any atom is -1.00 e. The Hall–Kier alpha value is -1.45. The molecule has 0 radical (unpaired) electrons. The zero-order valence-corrected chi connectivity index (χ0v) is 22.3. The van der Waals surface area contributed by atoms with Gasteiger partial charge in [-0.05, 0) is 0 Å². The summed E-state index contributed by atoms with van der Waals surface area (Å²) in [5.41, 5.74) is 3.48. The van der Waals surface area contributed by atoms with Crippen LogP contribution in [0.2, 0.25) is 0 Å². The zero-order chi connectivity index (χ0) is 21.7. The van der Waals surface area contributed by atoms with Gasteiger partial charge in [0, 0.05) is 0 Å². The van der Waals surface area contributed by atoms with Gasteiger partial charge in [0.25, 0.3) is 0 Å². The monoisotopic (exact) mass is 652 g/mol. The van der Waals surface area contributed by atoms with Crippen LogP contribution in [0.25, 0.3) is 0 Å². The van der Waals surface area contributed by atoms with Crippen molar-refractivity contribution >= 4 is 32.4 Å². The largest absolute Gasteiger partial charge is 1.00 e. The third kappa shape index (κ3) is 6.32. The van der Waals surface area contributed by atoms with Crippen molar-refractivity contribution in [2.24, 2.45) is 0 Å². The molecule has 2 N–H and O–H groups in total. The number of amides is 2. The minimum atomic E-state index is -0.370. The van der Waals surface area contributed by atoms with E-state index in [2.05, 4.69) is 46.3 Å². The molecule has 0 aromatic heterocycles. The number of hydrogen-bond acceptors (Lipinski definition) is 4. The normalized spacial score (nSPS) is 17.6. The van der Waals surface area contributed by atoms with E-state index in [0.717, 1.165) is 34.0 Å². The molecular weight excluding hydrogens is 629 g/mol. The van der Waals surface area contributed by atoms with Crippen LogP contribution in [0.4, 0.5) is 11.4 Å². The molecule has 0 bridgehead atoms. The van der Waals surface area contributed by atoms with Gasteiger partial charge in [-0.3, -0.25) is 0 Å². The number of anilines is 2. The number of rotatable bonds is 4. The summed E-state index contributed by atoms with van der Waals surface area (Å²) in [6, 6.07) is 11.4. The van der Waals surface area contributed by atoms with Gasteiger partial charge in [0.2, 0.25) is 0 Å². The Kier molecular flexibility index (Phi) is 11.9. The van der Waals surface area contributed by atoms with Crippen LogP contribution in [0, 0.1) is 0 Å². The average Bonchev–Trinajstić information content (AvgIpc) is 2.77. The molecule has 4 rings (SSSR count). The first kappa shape index (κ1) is 28.6. The first-order valence-corrected chi connectivity index (χ1v) is 11.6. The Morgan fingerprint density at radius 2 is 1.16 bits per heavy atom. The molecule has 2 aromatic carbocycles. The van der Waals surface area contributed by atoms with Gasteiger partial charge >= 0.3 is 196 Å². The Morgan fingerprint density at radius 3 is 1.47 bits per heavy atom. The summed E-state index contributed by atoms with van der Waals surface area (Å²) in [5.74, 6) is 1.41. The van der Waals surface area contributed by atoms with Crippen LogP contribution in [0.3, 0.4) is 0 Å². The van der Waals surface area contributed by atoms with Crippen LogP contribution < -0.4 is 44.9 Å². The van der Waals surface area contributed by atoms with Crippen molar-refractivity contribution in [1.82, 2.24) is 0 Å². The summed E-state index contributed by atoms with van der Waals surface area (Å²) in [6.07, 6.45) is 0.616. The van der Waals surface area contributed by atoms with Gasteiger partial charge in [0.15, 0.2) is 0 Å². The van der Waals surface area contributed by atoms with E-state index < -0.39 is 0 Å². The number of para-hydroxylation sites is 2. The third-order valence-electron chi connectivity index (χ3n) is 4.67. The molecule has 2 aromatic rings. The molecule has 0 saturated carbocycles. The Morgan fingerprint density at radius 1 is 0.781 bits per heavy atom. The molecule has 0 aliphatic carbocycles. The number of hydrogen-bond donors (Lipinski definition) is 2. The fourth-order valence-corrected chi connectivity index (χ4v) is 3.88. The molecule has 32 heavy (non-hydrogen) atoms. The average molecular weight is 651 g/mol. The van der Waals surface area contributed by atoms with E-state index in [1.807, 2.05) is 59.5 Å². The first-order chi connectivity index (χ1) is 14.5. The maximum atomic E-state index is 11.5. The molecular formula is C22H22Cl2N2O4Ru2. The second kappa shape index (κ2) is 13.3. The smallest absolute Gasteiger partial charge is 1.00 e. The maximum absolute atomic E-state index is 11.5. The van der Waals surface area contributed by atoms with Gasteiger partial charge in [-0.15, -0.1) is 0 Å². The van der Waals surface area contributed by atoms with Crippen molar-refractivity contribution in [3.63, 3.8) is 0 Å². The van der Waals surface area contributed by atoms with Crippen molar-refractivity contribution in [3.05, 3.63) is 47.5 Å². The van der Waals surface area contributed by atoms with Gasteiger partial charge in [-0.25, -0.2) is 0 Å². The molecule has 6 nitrogen and oxygen atoms in total. The van der Waals surface area contributed by atoms with Crippen molar-refractivity contribution in [3.8, 4) is 11.5 Å². The van der Waals surface area contributed by atoms with Gasteiger partial charge in [-0.1, -0.05) is 0 Å². The van der Waals surface area contributed by atoms with Gasteiger partial charge in [0.05, 0.1) is 0 Å². The molecule has 2 atom stereocenters. The van der Waals surface area contributed by atoms with Crippen molar-refractivity contribution in [2.75, 3.05) is 10.6 Å². The standard InChI is InChI=1S/2C11H11NO2.2ClH.2Ru/c2*1-3-9-11(13)12-8-6-4-5-7(2)10(8)14-9;;;;/h2*2,4-6,9H,3H2,1H3,(H,12,13);2*1H;;/q;;;;2*+1/p-2. The quantitative estimate of drug-likeness (QED) is 0.346. The van der Waals surface area contributed by atoms with Gasteiger partial charge < -0.3 is 24.8 Å². The van der Waals surface area contributed by atoms with E-state index in [1.165, 1.54) is 0 Å². The van der Waals surface area contributed by atoms with E-state index in [-0.39, 0.29) is 48.8 Å². The van der Waals surface area contributed by atoms with E-state index in [9.17, 15) is 9.59 Å². The molecule has 0 fully saturated rings. The van der Waals surface area contributed by atoms with Gasteiger partial charge in [0.1, 0.15) is 0 Å². The number of benzene rings is 2. The molecule has 2 aliphatic heterocycles. The summed E-state index contributed by atoms with van der Waals surface area (Å²) in [6.45, 7) is 3.87. The Bertz CT molecular complexity index is 924. The van der Waals surface area contributed by atoms with Crippen molar-refractivity contribution in [2.45, 2.75) is 38.9 Å². The van der Waals surface area contributed by atoms with Crippen LogP contribution >= 0.6 is 0 Å². The topological polar surface area (TPSA) is 76.7 Å². The summed E-state index contributed by atoms with van der Waals surface area (Å²) in [7, 11) is 0. The minimum absolute atomic E-state index is 0. The predicted molar refractivity (Wildman–Crippen MR) is 110 cm³/mol. The van der Waals surface area contributed by atoms with Crippen LogP contribution in [0.5, 0.6) is 11.5 Å². The molecule has 2 heterocycles. The number of halogens is 2. The number of ether oxygens (including phenoxy) is 2. The third-order valence-corrected chi connectivity index (χ3v) is 5.75. The molecule has 2 amide bonds. The summed E-state index contributed by atoms with van der Waals surface area (Å²) < 4.78 is 15.1. The number of fused-ring (bicyclic) bond motifs is 2. The van der Waals surface area contributed by atoms with E-state index >= 15 is 0 Å². The molecule has 2 unspecified atom stereocenters. The summed E-state index contributed by atoms with van der Waals surface area (Å²) in [5, 5.41) is 5.69. The number of carbonyl (C=O) groups excluding carboxylic acids is 2. The predicted octanol–water partition coefficient (Wildman–Crippen LogP) is -3.01. The fraction of sp³-hybridized carbons (Fsp3) is 0.273. The van der Waals surface area contributed by atoms with Crippen LogP contribution in [0.1, 0.15) is 37.8 Å². The minimum Gasteiger partial charge on any atom is -1.00 e. The Balaban J connectivity index is 0.000000301. The molecule has 2 aliphatic rings. The molecule has 174 valence electrons. The van der Waals surface area contributed by atoms with E-state index in [0.29, 0.717) is 12.8 Å². The summed E-state index contributed by atoms with van der Waals surface area (Å²) in [4.78, 5) is 23.1. The number of nitrogens with one attached hydrogen (secondary N) is 2. The Labute approximate surface area is 219 Å². The number of carbonyl (C=O) groups is 2. The van der Waals surface area contributed by atoms with Crippen molar-refractivity contribution in [1.29, 1.82) is 0 Å². The van der Waals surface area contributed by atoms with E-state index in [1.54, 1.807) is 0 Å². The van der Waals surface area contributed by atoms with E-state index in [4.69, 9.17) is 9.47 Å². The van der Waals surface area contributed by atoms with Crippen LogP contribution in [0.15, 0.2) is 36.4 Å². The summed E-state index contributed by atoms with van der Waals surface area (Å²) >= 11 is 4.90. The first-order valence-electron chi connectivity index (χ1n) is 9.57. The second-order valence-corrected chi connectivity index (χ2v) is 7.66. The molecule has 0 saturated heterocycles. The van der Waals surface area contributed by atoms with Crippen LogP contribution in [-0.4, -0.2) is 33.2 Å². The fourth-order valence-electron chi connectivity index (χ4n) is 3.09. The van der Waals surface area contributed by atoms with Crippen molar-refractivity contribution < 1.29 is 79.6 Å². The zero-order valence-electron chi connectivity index (χ0n) is 17.3.